The van der Waals surface area contributed by atoms with E-state index in [0.717, 1.165) is 11.3 Å². The molecule has 2 aromatic carbocycles. The summed E-state index contributed by atoms with van der Waals surface area (Å²) in [5, 5.41) is 5.51. The first-order chi connectivity index (χ1) is 12.6. The molecule has 2 N–H and O–H groups in total. The van der Waals surface area contributed by atoms with Crippen LogP contribution in [0.4, 0.5) is 4.79 Å². The molecule has 0 spiro atoms. The van der Waals surface area contributed by atoms with Crippen molar-refractivity contribution in [3.8, 4) is 0 Å². The predicted molar refractivity (Wildman–Crippen MR) is 97.2 cm³/mol. The number of imide groups is 1. The zero-order valence-corrected chi connectivity index (χ0v) is 14.6. The average molecular weight is 351 g/mol. The summed E-state index contributed by atoms with van der Waals surface area (Å²) >= 11 is 0. The lowest BCUT2D eigenvalue weighted by Crippen LogP contribution is -2.46. The highest BCUT2D eigenvalue weighted by Crippen LogP contribution is 2.35. The van der Waals surface area contributed by atoms with Crippen LogP contribution in [0.2, 0.25) is 0 Å². The van der Waals surface area contributed by atoms with Gasteiger partial charge in [0.1, 0.15) is 6.54 Å². The second kappa shape index (κ2) is 7.39. The summed E-state index contributed by atoms with van der Waals surface area (Å²) in [7, 11) is 0. The molecule has 26 heavy (non-hydrogen) atoms. The Morgan fingerprint density at radius 2 is 1.54 bits per heavy atom. The molecule has 2 aromatic rings. The van der Waals surface area contributed by atoms with Gasteiger partial charge in [-0.3, -0.25) is 14.5 Å². The molecule has 0 unspecified atom stereocenters. The van der Waals surface area contributed by atoms with Crippen LogP contribution in [-0.4, -0.2) is 35.8 Å². The van der Waals surface area contributed by atoms with Gasteiger partial charge in [-0.2, -0.15) is 0 Å². The maximum Gasteiger partial charge on any atom is 0.326 e. The maximum atomic E-state index is 13.3. The molecular formula is C20H21N3O3. The van der Waals surface area contributed by atoms with Crippen LogP contribution >= 0.6 is 0 Å². The minimum atomic E-state index is -1.33. The molecule has 0 radical (unpaired) electrons. The van der Waals surface area contributed by atoms with Crippen molar-refractivity contribution < 1.29 is 14.4 Å². The molecule has 1 heterocycles. The SMILES string of the molecule is CCCNC(=O)CN1C(=O)NC(c2ccccc2)(c2ccccc2)C1=O. The van der Waals surface area contributed by atoms with Crippen LogP contribution in [0.15, 0.2) is 60.7 Å². The minimum absolute atomic E-state index is 0.300. The van der Waals surface area contributed by atoms with Crippen molar-refractivity contribution in [1.82, 2.24) is 15.5 Å². The lowest BCUT2D eigenvalue weighted by atomic mass is 9.82. The summed E-state index contributed by atoms with van der Waals surface area (Å²) in [5.74, 6) is -0.807. The fourth-order valence-electron chi connectivity index (χ4n) is 3.12. The molecule has 0 atom stereocenters. The van der Waals surface area contributed by atoms with Gasteiger partial charge in [0, 0.05) is 6.54 Å². The Morgan fingerprint density at radius 1 is 1.00 bits per heavy atom. The zero-order valence-electron chi connectivity index (χ0n) is 14.6. The summed E-state index contributed by atoms with van der Waals surface area (Å²) < 4.78 is 0. The van der Waals surface area contributed by atoms with Crippen molar-refractivity contribution in [2.45, 2.75) is 18.9 Å². The molecular weight excluding hydrogens is 330 g/mol. The maximum absolute atomic E-state index is 13.3. The number of benzene rings is 2. The van der Waals surface area contributed by atoms with E-state index in [9.17, 15) is 14.4 Å². The molecule has 1 aliphatic rings. The van der Waals surface area contributed by atoms with Crippen molar-refractivity contribution in [3.05, 3.63) is 71.8 Å². The first-order valence-corrected chi connectivity index (χ1v) is 8.61. The van der Waals surface area contributed by atoms with E-state index in [0.29, 0.717) is 17.7 Å². The number of carbonyl (C=O) groups is 3. The van der Waals surface area contributed by atoms with Crippen LogP contribution in [0.25, 0.3) is 0 Å². The van der Waals surface area contributed by atoms with Crippen molar-refractivity contribution in [2.75, 3.05) is 13.1 Å². The predicted octanol–water partition coefficient (Wildman–Crippen LogP) is 2.01. The lowest BCUT2D eigenvalue weighted by molar-refractivity contribution is -0.134. The second-order valence-corrected chi connectivity index (χ2v) is 6.15. The van der Waals surface area contributed by atoms with Crippen LogP contribution in [0, 0.1) is 0 Å². The summed E-state index contributed by atoms with van der Waals surface area (Å²) in [4.78, 5) is 38.9. The van der Waals surface area contributed by atoms with Gasteiger partial charge in [-0.25, -0.2) is 4.79 Å². The Hall–Kier alpha value is -3.15. The van der Waals surface area contributed by atoms with E-state index < -0.39 is 17.5 Å². The Morgan fingerprint density at radius 3 is 2.04 bits per heavy atom. The van der Waals surface area contributed by atoms with Gasteiger partial charge in [-0.05, 0) is 17.5 Å². The van der Waals surface area contributed by atoms with Crippen molar-refractivity contribution in [3.63, 3.8) is 0 Å². The molecule has 1 saturated heterocycles. The van der Waals surface area contributed by atoms with E-state index in [1.165, 1.54) is 0 Å². The van der Waals surface area contributed by atoms with Gasteiger partial charge < -0.3 is 10.6 Å². The number of carbonyl (C=O) groups excluding carboxylic acids is 3. The monoisotopic (exact) mass is 351 g/mol. The van der Waals surface area contributed by atoms with Gasteiger partial charge >= 0.3 is 6.03 Å². The third kappa shape index (κ3) is 3.06. The fourth-order valence-corrected chi connectivity index (χ4v) is 3.12. The van der Waals surface area contributed by atoms with E-state index in [2.05, 4.69) is 10.6 Å². The quantitative estimate of drug-likeness (QED) is 0.782. The van der Waals surface area contributed by atoms with Crippen LogP contribution in [0.1, 0.15) is 24.5 Å². The highest BCUT2D eigenvalue weighted by molar-refractivity contribution is 6.11. The summed E-state index contributed by atoms with van der Waals surface area (Å²) in [6.07, 6.45) is 0.782. The summed E-state index contributed by atoms with van der Waals surface area (Å²) in [6, 6.07) is 17.6. The second-order valence-electron chi connectivity index (χ2n) is 6.15. The Balaban J connectivity index is 2.00. The smallest absolute Gasteiger partial charge is 0.326 e. The fraction of sp³-hybridized carbons (Fsp3) is 0.250. The lowest BCUT2D eigenvalue weighted by Gasteiger charge is -2.27. The van der Waals surface area contributed by atoms with Crippen molar-refractivity contribution >= 4 is 17.8 Å². The highest BCUT2D eigenvalue weighted by Gasteiger charge is 2.53. The van der Waals surface area contributed by atoms with Crippen LogP contribution in [-0.2, 0) is 15.1 Å². The zero-order chi connectivity index (χ0) is 18.6. The third-order valence-corrected chi connectivity index (χ3v) is 4.39. The molecule has 0 aliphatic carbocycles. The number of hydrogen-bond donors (Lipinski definition) is 2. The molecule has 6 heteroatoms. The van der Waals surface area contributed by atoms with Gasteiger partial charge in [0.25, 0.3) is 5.91 Å². The van der Waals surface area contributed by atoms with Crippen LogP contribution in [0.5, 0.6) is 0 Å². The van der Waals surface area contributed by atoms with E-state index >= 15 is 0 Å². The van der Waals surface area contributed by atoms with Crippen molar-refractivity contribution in [1.29, 1.82) is 0 Å². The Kier molecular flexibility index (Phi) is 5.02. The number of rotatable bonds is 6. The van der Waals surface area contributed by atoms with Gasteiger partial charge in [-0.1, -0.05) is 67.6 Å². The van der Waals surface area contributed by atoms with Crippen LogP contribution in [0.3, 0.4) is 0 Å². The molecule has 6 nitrogen and oxygen atoms in total. The molecule has 0 bridgehead atoms. The third-order valence-electron chi connectivity index (χ3n) is 4.39. The summed E-state index contributed by atoms with van der Waals surface area (Å²) in [5.41, 5.74) is -0.0213. The molecule has 134 valence electrons. The van der Waals surface area contributed by atoms with E-state index in [1.807, 2.05) is 43.3 Å². The van der Waals surface area contributed by atoms with Crippen LogP contribution < -0.4 is 10.6 Å². The van der Waals surface area contributed by atoms with Crippen molar-refractivity contribution in [2.24, 2.45) is 0 Å². The number of amides is 4. The first-order valence-electron chi connectivity index (χ1n) is 8.61. The number of nitrogens with zero attached hydrogens (tertiary/aromatic N) is 1. The molecule has 1 aliphatic heterocycles. The minimum Gasteiger partial charge on any atom is -0.355 e. The van der Waals surface area contributed by atoms with Gasteiger partial charge in [0.2, 0.25) is 5.91 Å². The topological polar surface area (TPSA) is 78.5 Å². The van der Waals surface area contributed by atoms with E-state index in [1.54, 1.807) is 24.3 Å². The number of urea groups is 1. The standard InChI is InChI=1S/C20H21N3O3/c1-2-13-21-17(24)14-23-18(25)20(22-19(23)26,15-9-5-3-6-10-15)16-11-7-4-8-12-16/h3-12H,2,13-14H2,1H3,(H,21,24)(H,22,26). The van der Waals surface area contributed by atoms with E-state index in [4.69, 9.17) is 0 Å². The van der Waals surface area contributed by atoms with E-state index in [-0.39, 0.29) is 12.5 Å². The normalized spacial score (nSPS) is 15.7. The Labute approximate surface area is 152 Å². The number of hydrogen-bond acceptors (Lipinski definition) is 3. The van der Waals surface area contributed by atoms with Gasteiger partial charge in [0.05, 0.1) is 0 Å². The first kappa shape index (κ1) is 17.7. The summed E-state index contributed by atoms with van der Waals surface area (Å²) in [6.45, 7) is 2.14. The number of nitrogens with one attached hydrogen (secondary N) is 2. The average Bonchev–Trinajstić information content (AvgIpc) is 2.93. The van der Waals surface area contributed by atoms with Gasteiger partial charge in [0.15, 0.2) is 5.54 Å². The molecule has 0 aromatic heterocycles. The molecule has 3 rings (SSSR count). The highest BCUT2D eigenvalue weighted by atomic mass is 16.2. The molecule has 4 amide bonds. The molecule has 0 saturated carbocycles. The largest absolute Gasteiger partial charge is 0.355 e. The Bertz CT molecular complexity index is 766. The molecule has 1 fully saturated rings. The van der Waals surface area contributed by atoms with Gasteiger partial charge in [-0.15, -0.1) is 0 Å².